The van der Waals surface area contributed by atoms with Gasteiger partial charge in [-0.15, -0.1) is 0 Å². The fraction of sp³-hybridized carbons (Fsp3) is 0.393. The number of halogens is 3. The second-order valence-corrected chi connectivity index (χ2v) is 12.3. The van der Waals surface area contributed by atoms with Gasteiger partial charge in [0.25, 0.3) is 5.71 Å². The van der Waals surface area contributed by atoms with Gasteiger partial charge in [0.15, 0.2) is 0 Å². The fourth-order valence-corrected chi connectivity index (χ4v) is 6.43. The summed E-state index contributed by atoms with van der Waals surface area (Å²) in [6.07, 6.45) is -3.41. The topological polar surface area (TPSA) is 92.4 Å². The zero-order valence-corrected chi connectivity index (χ0v) is 23.0. The van der Waals surface area contributed by atoms with Crippen LogP contribution in [0.15, 0.2) is 59.1 Å². The minimum atomic E-state index is -4.52. The summed E-state index contributed by atoms with van der Waals surface area (Å²) >= 11 is 0. The number of benzene rings is 2. The van der Waals surface area contributed by atoms with Crippen LogP contribution in [-0.4, -0.2) is 54.0 Å². The van der Waals surface area contributed by atoms with Gasteiger partial charge in [-0.25, -0.2) is 13.4 Å². The zero-order valence-electron chi connectivity index (χ0n) is 22.2. The first-order chi connectivity index (χ1) is 19.0. The maximum Gasteiger partial charge on any atom is 0.416 e. The van der Waals surface area contributed by atoms with Gasteiger partial charge in [-0.2, -0.15) is 22.5 Å². The van der Waals surface area contributed by atoms with Gasteiger partial charge in [0, 0.05) is 38.2 Å². The van der Waals surface area contributed by atoms with Crippen LogP contribution in [0.2, 0.25) is 0 Å². The molecule has 0 saturated carbocycles. The first kappa shape index (κ1) is 28.0. The Morgan fingerprint density at radius 3 is 2.48 bits per heavy atom. The van der Waals surface area contributed by atoms with E-state index < -0.39 is 21.8 Å². The maximum atomic E-state index is 13.5. The first-order valence-corrected chi connectivity index (χ1v) is 14.7. The van der Waals surface area contributed by atoms with Crippen molar-refractivity contribution < 1.29 is 26.1 Å². The summed E-state index contributed by atoms with van der Waals surface area (Å²) in [4.78, 5) is 11.3. The predicted molar refractivity (Wildman–Crippen MR) is 146 cm³/mol. The van der Waals surface area contributed by atoms with Crippen LogP contribution < -0.4 is 4.90 Å². The molecule has 0 N–H and O–H groups in total. The first-order valence-electron chi connectivity index (χ1n) is 13.1. The van der Waals surface area contributed by atoms with Crippen LogP contribution in [-0.2, 0) is 28.4 Å². The van der Waals surface area contributed by atoms with E-state index in [0.29, 0.717) is 49.5 Å². The van der Waals surface area contributed by atoms with Gasteiger partial charge in [0.1, 0.15) is 22.7 Å². The lowest BCUT2D eigenvalue weighted by Crippen LogP contribution is -2.36. The molecule has 0 bridgehead atoms. The lowest BCUT2D eigenvalue weighted by atomic mass is 10.1. The average Bonchev–Trinajstić information content (AvgIpc) is 3.15. The van der Waals surface area contributed by atoms with Gasteiger partial charge in [-0.3, -0.25) is 0 Å². The molecule has 0 radical (unpaired) electrons. The second kappa shape index (κ2) is 11.2. The molecule has 212 valence electrons. The van der Waals surface area contributed by atoms with Gasteiger partial charge in [-0.1, -0.05) is 61.5 Å². The van der Waals surface area contributed by atoms with Crippen LogP contribution in [0.3, 0.4) is 0 Å². The number of aromatic nitrogens is 3. The van der Waals surface area contributed by atoms with E-state index in [2.05, 4.69) is 10.1 Å². The molecule has 0 atom stereocenters. The van der Waals surface area contributed by atoms with Crippen molar-refractivity contribution in [1.82, 2.24) is 19.4 Å². The van der Waals surface area contributed by atoms with Crippen molar-refractivity contribution in [3.8, 4) is 11.3 Å². The van der Waals surface area contributed by atoms with E-state index in [0.717, 1.165) is 17.7 Å². The molecule has 4 aromatic rings. The molecule has 12 heteroatoms. The highest BCUT2D eigenvalue weighted by atomic mass is 32.2. The number of nitrogens with zero attached hydrogens (tertiary/aromatic N) is 5. The highest BCUT2D eigenvalue weighted by Gasteiger charge is 2.32. The van der Waals surface area contributed by atoms with Gasteiger partial charge >= 0.3 is 6.18 Å². The molecule has 0 unspecified atom stereocenters. The number of fused-ring (bicyclic) bond motifs is 1. The Morgan fingerprint density at radius 2 is 1.75 bits per heavy atom. The van der Waals surface area contributed by atoms with Crippen molar-refractivity contribution in [2.45, 2.75) is 38.6 Å². The van der Waals surface area contributed by atoms with E-state index in [-0.39, 0.29) is 35.2 Å². The fourth-order valence-electron chi connectivity index (χ4n) is 4.86. The summed E-state index contributed by atoms with van der Waals surface area (Å²) < 4.78 is 73.8. The second-order valence-electron chi connectivity index (χ2n) is 10.3. The summed E-state index contributed by atoms with van der Waals surface area (Å²) in [7, 11) is -3.55. The highest BCUT2D eigenvalue weighted by Crippen LogP contribution is 2.37. The van der Waals surface area contributed by atoms with E-state index >= 15 is 0 Å². The standard InChI is InChI=1S/C28H30F3N5O3S/c1-19(2)16-23-32-26(24-25(34-39-27(24)33-23)21-10-6-11-22(17-21)28(29,30)31)35-12-7-13-36(15-14-35)40(37,38)18-20-8-4-3-5-9-20/h3-6,8-11,17,19H,7,12-16,18H2,1-2H3. The van der Waals surface area contributed by atoms with Crippen molar-refractivity contribution in [3.63, 3.8) is 0 Å². The van der Waals surface area contributed by atoms with Crippen molar-refractivity contribution in [2.24, 2.45) is 5.92 Å². The Kier molecular flexibility index (Phi) is 7.83. The maximum absolute atomic E-state index is 13.5. The molecular formula is C28H30F3N5O3S. The molecule has 0 amide bonds. The number of rotatable bonds is 7. The lowest BCUT2D eigenvalue weighted by molar-refractivity contribution is -0.137. The monoisotopic (exact) mass is 573 g/mol. The normalized spacial score (nSPS) is 15.6. The molecule has 0 spiro atoms. The number of anilines is 1. The largest absolute Gasteiger partial charge is 0.416 e. The van der Waals surface area contributed by atoms with Gasteiger partial charge < -0.3 is 9.42 Å². The van der Waals surface area contributed by atoms with Crippen LogP contribution in [0.4, 0.5) is 19.0 Å². The van der Waals surface area contributed by atoms with E-state index in [4.69, 9.17) is 9.51 Å². The van der Waals surface area contributed by atoms with Crippen LogP contribution in [0, 0.1) is 5.92 Å². The van der Waals surface area contributed by atoms with Crippen LogP contribution in [0.5, 0.6) is 0 Å². The van der Waals surface area contributed by atoms with Crippen LogP contribution in [0.1, 0.15) is 37.2 Å². The average molecular weight is 574 g/mol. The summed E-state index contributed by atoms with van der Waals surface area (Å²) in [5.41, 5.74) is 0.552. The van der Waals surface area contributed by atoms with Gasteiger partial charge in [-0.05, 0) is 30.0 Å². The Hall–Kier alpha value is -3.51. The predicted octanol–water partition coefficient (Wildman–Crippen LogP) is 5.54. The Morgan fingerprint density at radius 1 is 0.975 bits per heavy atom. The minimum absolute atomic E-state index is 0.0878. The van der Waals surface area contributed by atoms with Crippen LogP contribution in [0.25, 0.3) is 22.4 Å². The summed E-state index contributed by atoms with van der Waals surface area (Å²) in [6, 6.07) is 13.9. The van der Waals surface area contributed by atoms with E-state index in [1.165, 1.54) is 10.4 Å². The summed E-state index contributed by atoms with van der Waals surface area (Å²) in [5.74, 6) is 1.17. The molecule has 1 fully saturated rings. The number of hydrogen-bond acceptors (Lipinski definition) is 7. The smallest absolute Gasteiger partial charge is 0.354 e. The molecule has 40 heavy (non-hydrogen) atoms. The lowest BCUT2D eigenvalue weighted by Gasteiger charge is -2.24. The quantitative estimate of drug-likeness (QED) is 0.287. The molecule has 8 nitrogen and oxygen atoms in total. The third-order valence-electron chi connectivity index (χ3n) is 6.76. The van der Waals surface area contributed by atoms with E-state index in [1.54, 1.807) is 18.2 Å². The Labute approximate surface area is 230 Å². The van der Waals surface area contributed by atoms with Crippen molar-refractivity contribution in [1.29, 1.82) is 0 Å². The zero-order chi connectivity index (χ0) is 28.5. The molecule has 1 aliphatic heterocycles. The SMILES string of the molecule is CC(C)Cc1nc(N2CCCN(S(=O)(=O)Cc3ccccc3)CC2)c2c(-c3cccc(C(F)(F)F)c3)noc2n1. The van der Waals surface area contributed by atoms with E-state index in [9.17, 15) is 21.6 Å². The number of alkyl halides is 3. The van der Waals surface area contributed by atoms with Crippen molar-refractivity contribution in [3.05, 3.63) is 71.5 Å². The van der Waals surface area contributed by atoms with Gasteiger partial charge in [0.2, 0.25) is 10.0 Å². The van der Waals surface area contributed by atoms with E-state index in [1.807, 2.05) is 36.9 Å². The van der Waals surface area contributed by atoms with Crippen molar-refractivity contribution in [2.75, 3.05) is 31.1 Å². The third kappa shape index (κ3) is 6.12. The molecule has 2 aromatic carbocycles. The molecule has 2 aromatic heterocycles. The molecule has 1 aliphatic rings. The Bertz CT molecular complexity index is 1590. The number of hydrogen-bond donors (Lipinski definition) is 0. The molecule has 1 saturated heterocycles. The highest BCUT2D eigenvalue weighted by molar-refractivity contribution is 7.88. The minimum Gasteiger partial charge on any atom is -0.354 e. The van der Waals surface area contributed by atoms with Crippen LogP contribution >= 0.6 is 0 Å². The third-order valence-corrected chi connectivity index (χ3v) is 8.61. The molecule has 5 rings (SSSR count). The van der Waals surface area contributed by atoms with Gasteiger partial charge in [0.05, 0.1) is 11.3 Å². The summed E-state index contributed by atoms with van der Waals surface area (Å²) in [5, 5.41) is 4.52. The molecule has 0 aliphatic carbocycles. The summed E-state index contributed by atoms with van der Waals surface area (Å²) in [6.45, 7) is 5.49. The Balaban J connectivity index is 1.51. The molecular weight excluding hydrogens is 543 g/mol. The van der Waals surface area contributed by atoms with Crippen molar-refractivity contribution >= 4 is 26.9 Å². The number of sulfonamides is 1. The molecule has 3 heterocycles.